The van der Waals surface area contributed by atoms with Gasteiger partial charge in [0.15, 0.2) is 6.04 Å². The average Bonchev–Trinajstić information content (AvgIpc) is 3.26. The summed E-state index contributed by atoms with van der Waals surface area (Å²) in [6.45, 7) is 0.625. The summed E-state index contributed by atoms with van der Waals surface area (Å²) >= 11 is 0. The molecule has 1 aromatic rings. The minimum Gasteiger partial charge on any atom is -0.493 e. The van der Waals surface area contributed by atoms with Crippen LogP contribution in [0.25, 0.3) is 0 Å². The molecule has 0 aromatic heterocycles. The van der Waals surface area contributed by atoms with E-state index >= 15 is 0 Å². The molecule has 4 rings (SSSR count). The number of fused-ring (bicyclic) bond motifs is 3. The summed E-state index contributed by atoms with van der Waals surface area (Å²) in [6, 6.07) is 4.35. The fraction of sp³-hybridized carbons (Fsp3) is 0.444. The Balaban J connectivity index is 1.53. The molecule has 1 fully saturated rings. The van der Waals surface area contributed by atoms with Crippen molar-refractivity contribution >= 4 is 11.9 Å². The maximum absolute atomic E-state index is 12.5. The lowest BCUT2D eigenvalue weighted by Gasteiger charge is -2.21. The highest BCUT2D eigenvalue weighted by Crippen LogP contribution is 2.43. The summed E-state index contributed by atoms with van der Waals surface area (Å²) in [5.41, 5.74) is 1.61. The number of aliphatic carboxylic acids is 1. The predicted molar refractivity (Wildman–Crippen MR) is 83.0 cm³/mol. The number of benzene rings is 1. The Morgan fingerprint density at radius 2 is 2.13 bits per heavy atom. The summed E-state index contributed by atoms with van der Waals surface area (Å²) in [4.78, 5) is 24.2. The zero-order valence-corrected chi connectivity index (χ0v) is 12.7. The molecule has 2 bridgehead atoms. The molecule has 4 atom stereocenters. The van der Waals surface area contributed by atoms with E-state index in [1.54, 1.807) is 12.1 Å². The Labute approximate surface area is 134 Å². The van der Waals surface area contributed by atoms with Crippen molar-refractivity contribution < 1.29 is 19.4 Å². The minimum absolute atomic E-state index is 0.0930. The molecule has 2 N–H and O–H groups in total. The average molecular weight is 313 g/mol. The summed E-state index contributed by atoms with van der Waals surface area (Å²) < 4.78 is 5.45. The van der Waals surface area contributed by atoms with Crippen LogP contribution < -0.4 is 10.1 Å². The number of carbonyl (C=O) groups excluding carboxylic acids is 1. The lowest BCUT2D eigenvalue weighted by atomic mass is 9.92. The first kappa shape index (κ1) is 14.3. The van der Waals surface area contributed by atoms with E-state index in [1.165, 1.54) is 0 Å². The van der Waals surface area contributed by atoms with E-state index in [9.17, 15) is 14.7 Å². The molecule has 120 valence electrons. The van der Waals surface area contributed by atoms with E-state index in [0.717, 1.165) is 30.6 Å². The van der Waals surface area contributed by atoms with E-state index in [1.807, 2.05) is 6.07 Å². The number of amides is 1. The van der Waals surface area contributed by atoms with Crippen LogP contribution in [0.15, 0.2) is 30.4 Å². The number of hydrogen-bond donors (Lipinski definition) is 2. The van der Waals surface area contributed by atoms with Gasteiger partial charge >= 0.3 is 5.97 Å². The van der Waals surface area contributed by atoms with Crippen LogP contribution in [0.4, 0.5) is 0 Å². The molecule has 5 nitrogen and oxygen atoms in total. The van der Waals surface area contributed by atoms with Crippen LogP contribution in [0.1, 0.15) is 30.0 Å². The van der Waals surface area contributed by atoms with Gasteiger partial charge in [0.05, 0.1) is 6.61 Å². The first-order chi connectivity index (χ1) is 11.1. The molecule has 5 heteroatoms. The fourth-order valence-electron chi connectivity index (χ4n) is 4.01. The van der Waals surface area contributed by atoms with Gasteiger partial charge in [-0.05, 0) is 47.9 Å². The normalized spacial score (nSPS) is 28.3. The van der Waals surface area contributed by atoms with Gasteiger partial charge in [0, 0.05) is 12.3 Å². The Kier molecular flexibility index (Phi) is 3.36. The zero-order chi connectivity index (χ0) is 16.0. The number of hydrogen-bond acceptors (Lipinski definition) is 3. The number of carbonyl (C=O) groups is 2. The van der Waals surface area contributed by atoms with Crippen LogP contribution in [0, 0.1) is 17.8 Å². The highest BCUT2D eigenvalue weighted by atomic mass is 16.5. The monoisotopic (exact) mass is 313 g/mol. The van der Waals surface area contributed by atoms with E-state index in [0.29, 0.717) is 18.1 Å². The van der Waals surface area contributed by atoms with Crippen molar-refractivity contribution in [1.82, 2.24) is 5.32 Å². The van der Waals surface area contributed by atoms with Gasteiger partial charge in [-0.3, -0.25) is 4.79 Å². The molecular formula is C18H19NO4. The van der Waals surface area contributed by atoms with Crippen molar-refractivity contribution in [3.8, 4) is 5.75 Å². The third-order valence-corrected chi connectivity index (χ3v) is 5.20. The van der Waals surface area contributed by atoms with Crippen LogP contribution >= 0.6 is 0 Å². The Hall–Kier alpha value is -2.30. The zero-order valence-electron chi connectivity index (χ0n) is 12.7. The largest absolute Gasteiger partial charge is 0.493 e. The highest BCUT2D eigenvalue weighted by molar-refractivity contribution is 5.86. The molecule has 1 aliphatic heterocycles. The predicted octanol–water partition coefficient (Wildman–Crippen LogP) is 2.08. The summed E-state index contributed by atoms with van der Waals surface area (Å²) in [6.07, 6.45) is 6.90. The highest BCUT2D eigenvalue weighted by Gasteiger charge is 2.41. The Morgan fingerprint density at radius 1 is 1.26 bits per heavy atom. The second-order valence-electron chi connectivity index (χ2n) is 6.63. The van der Waals surface area contributed by atoms with Gasteiger partial charge in [-0.1, -0.05) is 18.2 Å². The first-order valence-corrected chi connectivity index (χ1v) is 8.09. The topological polar surface area (TPSA) is 75.6 Å². The van der Waals surface area contributed by atoms with Crippen molar-refractivity contribution in [2.45, 2.75) is 25.3 Å². The molecule has 1 aromatic carbocycles. The summed E-state index contributed by atoms with van der Waals surface area (Å²) in [5.74, 6) is 0.285. The van der Waals surface area contributed by atoms with E-state index in [2.05, 4.69) is 17.5 Å². The lowest BCUT2D eigenvalue weighted by Crippen LogP contribution is -2.39. The Bertz CT molecular complexity index is 696. The number of carboxylic acids is 1. The van der Waals surface area contributed by atoms with Gasteiger partial charge in [-0.15, -0.1) is 0 Å². The quantitative estimate of drug-likeness (QED) is 0.835. The Morgan fingerprint density at radius 3 is 2.83 bits per heavy atom. The van der Waals surface area contributed by atoms with E-state index < -0.39 is 12.0 Å². The van der Waals surface area contributed by atoms with Crippen LogP contribution in [0.3, 0.4) is 0 Å². The van der Waals surface area contributed by atoms with E-state index in [-0.39, 0.29) is 17.7 Å². The molecule has 3 aliphatic rings. The van der Waals surface area contributed by atoms with Gasteiger partial charge in [0.25, 0.3) is 0 Å². The van der Waals surface area contributed by atoms with Crippen molar-refractivity contribution in [2.24, 2.45) is 17.8 Å². The number of nitrogens with one attached hydrogen (secondary N) is 1. The minimum atomic E-state index is -1.03. The van der Waals surface area contributed by atoms with Crippen molar-refractivity contribution in [2.75, 3.05) is 6.61 Å². The SMILES string of the molecule is O=C(O)[C@@H](NC(=O)[C@H]1C[C@H]2C=C[C@H]1C2)c1ccc2c(c1)CCO2. The lowest BCUT2D eigenvalue weighted by molar-refractivity contribution is -0.142. The second-order valence-corrected chi connectivity index (χ2v) is 6.63. The summed E-state index contributed by atoms with van der Waals surface area (Å²) in [5, 5.41) is 12.3. The molecule has 0 spiro atoms. The molecule has 1 saturated carbocycles. The number of ether oxygens (including phenoxy) is 1. The molecule has 0 saturated heterocycles. The van der Waals surface area contributed by atoms with Gasteiger partial charge < -0.3 is 15.2 Å². The number of rotatable bonds is 4. The number of carboxylic acid groups (broad SMARTS) is 1. The molecular weight excluding hydrogens is 294 g/mol. The van der Waals surface area contributed by atoms with Crippen molar-refractivity contribution in [3.05, 3.63) is 41.5 Å². The maximum atomic E-state index is 12.5. The third-order valence-electron chi connectivity index (χ3n) is 5.20. The van der Waals surface area contributed by atoms with Gasteiger partial charge in [0.1, 0.15) is 5.75 Å². The van der Waals surface area contributed by atoms with Crippen LogP contribution in [0.2, 0.25) is 0 Å². The van der Waals surface area contributed by atoms with Crippen molar-refractivity contribution in [3.63, 3.8) is 0 Å². The number of allylic oxidation sites excluding steroid dienone is 2. The molecule has 1 amide bonds. The molecule has 1 heterocycles. The van der Waals surface area contributed by atoms with E-state index in [4.69, 9.17) is 4.74 Å². The van der Waals surface area contributed by atoms with Crippen LogP contribution in [0.5, 0.6) is 5.75 Å². The third kappa shape index (κ3) is 2.50. The fourth-order valence-corrected chi connectivity index (χ4v) is 4.01. The maximum Gasteiger partial charge on any atom is 0.330 e. The molecule has 2 aliphatic carbocycles. The summed E-state index contributed by atoms with van der Waals surface area (Å²) in [7, 11) is 0. The molecule has 23 heavy (non-hydrogen) atoms. The second kappa shape index (κ2) is 5.41. The first-order valence-electron chi connectivity index (χ1n) is 8.09. The van der Waals surface area contributed by atoms with Crippen LogP contribution in [-0.2, 0) is 16.0 Å². The smallest absolute Gasteiger partial charge is 0.330 e. The van der Waals surface area contributed by atoms with Gasteiger partial charge in [-0.25, -0.2) is 4.79 Å². The van der Waals surface area contributed by atoms with Gasteiger partial charge in [-0.2, -0.15) is 0 Å². The van der Waals surface area contributed by atoms with Crippen LogP contribution in [-0.4, -0.2) is 23.6 Å². The standard InChI is InChI=1S/C18H19NO4/c20-17(14-8-10-1-2-11(14)7-10)19-16(18(21)22)13-3-4-15-12(9-13)5-6-23-15/h1-4,9-11,14,16H,5-8H2,(H,19,20)(H,21,22)/t10-,11-,14-,16-/m0/s1. The van der Waals surface area contributed by atoms with Gasteiger partial charge in [0.2, 0.25) is 5.91 Å². The van der Waals surface area contributed by atoms with Crippen molar-refractivity contribution in [1.29, 1.82) is 0 Å². The molecule has 0 radical (unpaired) electrons. The molecule has 0 unspecified atom stereocenters.